The van der Waals surface area contributed by atoms with Gasteiger partial charge in [0.1, 0.15) is 11.3 Å². The Labute approximate surface area is 88.8 Å². The van der Waals surface area contributed by atoms with Crippen molar-refractivity contribution in [3.63, 3.8) is 0 Å². The molecule has 0 unspecified atom stereocenters. The number of ether oxygens (including phenoxy) is 1. The van der Waals surface area contributed by atoms with Gasteiger partial charge in [0.15, 0.2) is 0 Å². The van der Waals surface area contributed by atoms with Gasteiger partial charge in [-0.15, -0.1) is 0 Å². The first-order valence-electron chi connectivity index (χ1n) is 5.18. The maximum absolute atomic E-state index is 5.57. The molecule has 3 nitrogen and oxygen atoms in total. The van der Waals surface area contributed by atoms with Crippen LogP contribution in [0.1, 0.15) is 12.5 Å². The van der Waals surface area contributed by atoms with E-state index in [0.29, 0.717) is 13.2 Å². The third-order valence-electron chi connectivity index (χ3n) is 2.35. The van der Waals surface area contributed by atoms with Gasteiger partial charge in [0, 0.05) is 5.39 Å². The predicted molar refractivity (Wildman–Crippen MR) is 60.1 cm³/mol. The average Bonchev–Trinajstić information content (AvgIpc) is 2.66. The molecule has 2 rings (SSSR count). The minimum Gasteiger partial charge on any atom is -0.494 e. The van der Waals surface area contributed by atoms with E-state index in [1.807, 2.05) is 25.1 Å². The van der Waals surface area contributed by atoms with E-state index in [4.69, 9.17) is 14.9 Å². The summed E-state index contributed by atoms with van der Waals surface area (Å²) in [6.45, 7) is 3.26. The number of benzene rings is 1. The minimum absolute atomic E-state index is 0.617. The van der Waals surface area contributed by atoms with Gasteiger partial charge in [-0.3, -0.25) is 0 Å². The number of furan rings is 1. The van der Waals surface area contributed by atoms with Gasteiger partial charge in [0.2, 0.25) is 0 Å². The number of rotatable bonds is 4. The van der Waals surface area contributed by atoms with Crippen molar-refractivity contribution in [2.45, 2.75) is 13.3 Å². The van der Waals surface area contributed by atoms with Crippen LogP contribution in [-0.2, 0) is 6.42 Å². The maximum atomic E-state index is 5.57. The van der Waals surface area contributed by atoms with E-state index in [-0.39, 0.29) is 0 Å². The lowest BCUT2D eigenvalue weighted by Gasteiger charge is -2.09. The van der Waals surface area contributed by atoms with E-state index < -0.39 is 0 Å². The normalized spacial score (nSPS) is 10.8. The van der Waals surface area contributed by atoms with Crippen LogP contribution in [0.25, 0.3) is 11.0 Å². The third kappa shape index (κ3) is 1.97. The van der Waals surface area contributed by atoms with E-state index >= 15 is 0 Å². The Morgan fingerprint density at radius 3 is 3.00 bits per heavy atom. The molecular formula is C12H15NO2. The van der Waals surface area contributed by atoms with Gasteiger partial charge in [0.25, 0.3) is 0 Å². The van der Waals surface area contributed by atoms with Gasteiger partial charge in [0.05, 0.1) is 12.9 Å². The standard InChI is InChI=1S/C12H15NO2/c1-2-14-11-8-10-4-6-15-12(10)7-9(11)3-5-13/h4,6-8H,2-3,5,13H2,1H3. The average molecular weight is 205 g/mol. The van der Waals surface area contributed by atoms with Crippen molar-refractivity contribution in [1.29, 1.82) is 0 Å². The summed E-state index contributed by atoms with van der Waals surface area (Å²) in [6.07, 6.45) is 2.50. The molecule has 1 aromatic heterocycles. The first-order chi connectivity index (χ1) is 7.35. The van der Waals surface area contributed by atoms with Crippen LogP contribution in [0, 0.1) is 0 Å². The molecule has 0 aliphatic heterocycles. The molecule has 0 saturated heterocycles. The van der Waals surface area contributed by atoms with Crippen molar-refractivity contribution < 1.29 is 9.15 Å². The fourth-order valence-corrected chi connectivity index (χ4v) is 1.67. The molecule has 0 aliphatic rings. The molecule has 0 aliphatic carbocycles. The summed E-state index contributed by atoms with van der Waals surface area (Å²) in [7, 11) is 0. The fourth-order valence-electron chi connectivity index (χ4n) is 1.67. The minimum atomic E-state index is 0.617. The van der Waals surface area contributed by atoms with Gasteiger partial charge in [-0.25, -0.2) is 0 Å². The molecule has 0 amide bonds. The topological polar surface area (TPSA) is 48.4 Å². The van der Waals surface area contributed by atoms with Crippen LogP contribution >= 0.6 is 0 Å². The van der Waals surface area contributed by atoms with Crippen LogP contribution in [0.3, 0.4) is 0 Å². The molecule has 0 saturated carbocycles. The van der Waals surface area contributed by atoms with Crippen molar-refractivity contribution in [1.82, 2.24) is 0 Å². The van der Waals surface area contributed by atoms with Crippen molar-refractivity contribution in [3.05, 3.63) is 30.0 Å². The van der Waals surface area contributed by atoms with Gasteiger partial charge >= 0.3 is 0 Å². The highest BCUT2D eigenvalue weighted by Gasteiger charge is 2.07. The SMILES string of the molecule is CCOc1cc2ccoc2cc1CCN. The van der Waals surface area contributed by atoms with Crippen LogP contribution in [0.2, 0.25) is 0 Å². The lowest BCUT2D eigenvalue weighted by atomic mass is 10.1. The smallest absolute Gasteiger partial charge is 0.134 e. The largest absolute Gasteiger partial charge is 0.494 e. The van der Waals surface area contributed by atoms with Gasteiger partial charge in [-0.1, -0.05) is 0 Å². The molecule has 80 valence electrons. The molecule has 0 fully saturated rings. The van der Waals surface area contributed by atoms with E-state index in [1.165, 1.54) is 0 Å². The fraction of sp³-hybridized carbons (Fsp3) is 0.333. The summed E-state index contributed by atoms with van der Waals surface area (Å²) >= 11 is 0. The van der Waals surface area contributed by atoms with Crippen LogP contribution in [0.15, 0.2) is 28.9 Å². The monoisotopic (exact) mass is 205 g/mol. The van der Waals surface area contributed by atoms with E-state index in [0.717, 1.165) is 28.7 Å². The van der Waals surface area contributed by atoms with Crippen LogP contribution < -0.4 is 10.5 Å². The molecule has 15 heavy (non-hydrogen) atoms. The van der Waals surface area contributed by atoms with Gasteiger partial charge in [-0.05, 0) is 43.7 Å². The highest BCUT2D eigenvalue weighted by atomic mass is 16.5. The van der Waals surface area contributed by atoms with Crippen molar-refractivity contribution in [2.75, 3.05) is 13.2 Å². The number of nitrogens with two attached hydrogens (primary N) is 1. The Hall–Kier alpha value is -1.48. The molecule has 0 bridgehead atoms. The Kier molecular flexibility index (Phi) is 2.92. The van der Waals surface area contributed by atoms with Crippen molar-refractivity contribution in [2.24, 2.45) is 5.73 Å². The molecule has 1 heterocycles. The van der Waals surface area contributed by atoms with Crippen molar-refractivity contribution in [3.8, 4) is 5.75 Å². The number of hydrogen-bond acceptors (Lipinski definition) is 3. The Bertz CT molecular complexity index is 408. The Morgan fingerprint density at radius 2 is 2.27 bits per heavy atom. The van der Waals surface area contributed by atoms with E-state index in [9.17, 15) is 0 Å². The summed E-state index contributed by atoms with van der Waals surface area (Å²) in [6, 6.07) is 5.95. The summed E-state index contributed by atoms with van der Waals surface area (Å²) < 4.78 is 10.9. The zero-order valence-corrected chi connectivity index (χ0v) is 8.82. The maximum Gasteiger partial charge on any atom is 0.134 e. The van der Waals surface area contributed by atoms with Gasteiger partial charge in [-0.2, -0.15) is 0 Å². The second-order valence-corrected chi connectivity index (χ2v) is 3.39. The number of fused-ring (bicyclic) bond motifs is 1. The molecule has 0 radical (unpaired) electrons. The molecule has 2 N–H and O–H groups in total. The summed E-state index contributed by atoms with van der Waals surface area (Å²) in [5.41, 5.74) is 7.56. The van der Waals surface area contributed by atoms with Gasteiger partial charge < -0.3 is 14.9 Å². The number of hydrogen-bond donors (Lipinski definition) is 1. The zero-order chi connectivity index (χ0) is 10.7. The second-order valence-electron chi connectivity index (χ2n) is 3.39. The highest BCUT2D eigenvalue weighted by Crippen LogP contribution is 2.27. The second kappa shape index (κ2) is 4.36. The molecule has 3 heteroatoms. The van der Waals surface area contributed by atoms with Crippen LogP contribution in [-0.4, -0.2) is 13.2 Å². The third-order valence-corrected chi connectivity index (χ3v) is 2.35. The summed E-state index contributed by atoms with van der Waals surface area (Å²) in [4.78, 5) is 0. The van der Waals surface area contributed by atoms with E-state index in [2.05, 4.69) is 0 Å². The molecule has 0 spiro atoms. The Balaban J connectivity index is 2.47. The lowest BCUT2D eigenvalue weighted by Crippen LogP contribution is -2.05. The summed E-state index contributed by atoms with van der Waals surface area (Å²) in [5.74, 6) is 0.914. The summed E-state index contributed by atoms with van der Waals surface area (Å²) in [5, 5.41) is 1.07. The van der Waals surface area contributed by atoms with Crippen molar-refractivity contribution >= 4 is 11.0 Å². The first-order valence-corrected chi connectivity index (χ1v) is 5.18. The van der Waals surface area contributed by atoms with Crippen LogP contribution in [0.4, 0.5) is 0 Å². The molecule has 0 atom stereocenters. The lowest BCUT2D eigenvalue weighted by molar-refractivity contribution is 0.337. The zero-order valence-electron chi connectivity index (χ0n) is 8.82. The predicted octanol–water partition coefficient (Wildman–Crippen LogP) is 2.33. The molecule has 2 aromatic rings. The molecule has 1 aromatic carbocycles. The first kappa shape index (κ1) is 10.1. The Morgan fingerprint density at radius 1 is 1.40 bits per heavy atom. The highest BCUT2D eigenvalue weighted by molar-refractivity contribution is 5.80. The quantitative estimate of drug-likeness (QED) is 0.833. The van der Waals surface area contributed by atoms with Crippen LogP contribution in [0.5, 0.6) is 5.75 Å². The molecular weight excluding hydrogens is 190 g/mol. The van der Waals surface area contributed by atoms with E-state index in [1.54, 1.807) is 6.26 Å².